The molecule has 0 aliphatic rings. The lowest BCUT2D eigenvalue weighted by Crippen LogP contribution is -2.14. The lowest BCUT2D eigenvalue weighted by molar-refractivity contribution is 0.552. The zero-order chi connectivity index (χ0) is 16.1. The van der Waals surface area contributed by atoms with Gasteiger partial charge in [0.05, 0.1) is 12.0 Å². The largest absolute Gasteiger partial charge is 0.366 e. The van der Waals surface area contributed by atoms with Crippen molar-refractivity contribution in [3.63, 3.8) is 0 Å². The third kappa shape index (κ3) is 4.07. The molecule has 0 radical (unpaired) electrons. The Kier molecular flexibility index (Phi) is 5.15. The van der Waals surface area contributed by atoms with Crippen molar-refractivity contribution in [2.24, 2.45) is 4.99 Å². The molecule has 116 valence electrons. The molecule has 2 rings (SSSR count). The van der Waals surface area contributed by atoms with Crippen molar-refractivity contribution in [2.45, 2.75) is 20.8 Å². The van der Waals surface area contributed by atoms with E-state index in [1.165, 1.54) is 12.1 Å². The molecule has 2 aromatic rings. The van der Waals surface area contributed by atoms with Crippen LogP contribution in [0.5, 0.6) is 0 Å². The van der Waals surface area contributed by atoms with Gasteiger partial charge >= 0.3 is 0 Å². The van der Waals surface area contributed by atoms with Crippen LogP contribution in [-0.4, -0.2) is 24.8 Å². The highest BCUT2D eigenvalue weighted by molar-refractivity contribution is 5.70. The molecule has 0 aliphatic carbocycles. The summed E-state index contributed by atoms with van der Waals surface area (Å²) in [5, 5.41) is 3.25. The minimum absolute atomic E-state index is 0.247. The molecule has 0 aliphatic heterocycles. The van der Waals surface area contributed by atoms with Gasteiger partial charge in [-0.1, -0.05) is 6.07 Å². The highest BCUT2D eigenvalue weighted by Crippen LogP contribution is 2.28. The summed E-state index contributed by atoms with van der Waals surface area (Å²) in [7, 11) is 1.99. The average Bonchev–Trinajstić information content (AvgIpc) is 2.49. The maximum atomic E-state index is 13.3. The van der Waals surface area contributed by atoms with Gasteiger partial charge in [-0.2, -0.15) is 0 Å². The summed E-state index contributed by atoms with van der Waals surface area (Å²) in [6.07, 6.45) is 1.83. The molecule has 0 saturated carbocycles. The lowest BCUT2D eigenvalue weighted by Gasteiger charge is -2.13. The van der Waals surface area contributed by atoms with Crippen LogP contribution in [0.3, 0.4) is 0 Å². The number of hydrogen-bond donors (Lipinski definition) is 1. The molecular formula is C18H22FN3. The third-order valence-corrected chi connectivity index (χ3v) is 3.54. The van der Waals surface area contributed by atoms with Gasteiger partial charge in [-0.05, 0) is 62.2 Å². The Bertz CT molecular complexity index is 680. The minimum Gasteiger partial charge on any atom is -0.366 e. The quantitative estimate of drug-likeness (QED) is 0.634. The van der Waals surface area contributed by atoms with Crippen molar-refractivity contribution in [1.82, 2.24) is 4.90 Å². The van der Waals surface area contributed by atoms with Crippen molar-refractivity contribution >= 4 is 23.4 Å². The molecule has 0 bridgehead atoms. The number of hydrogen-bond acceptors (Lipinski definition) is 2. The molecule has 0 unspecified atom stereocenters. The normalized spacial score (nSPS) is 11.0. The van der Waals surface area contributed by atoms with Gasteiger partial charge in [-0.15, -0.1) is 0 Å². The molecule has 0 heterocycles. The van der Waals surface area contributed by atoms with Crippen molar-refractivity contribution in [1.29, 1.82) is 0 Å². The Morgan fingerprint density at radius 2 is 1.95 bits per heavy atom. The smallest absolute Gasteiger partial charge is 0.125 e. The molecule has 4 heteroatoms. The summed E-state index contributed by atoms with van der Waals surface area (Å²) in [5.74, 6) is -0.247. The van der Waals surface area contributed by atoms with Crippen LogP contribution in [0, 0.1) is 19.7 Å². The number of benzene rings is 2. The van der Waals surface area contributed by atoms with Crippen molar-refractivity contribution in [3.8, 4) is 0 Å². The molecule has 0 spiro atoms. The second kappa shape index (κ2) is 7.07. The fraction of sp³-hybridized carbons (Fsp3) is 0.278. The van der Waals surface area contributed by atoms with Crippen LogP contribution in [0.4, 0.5) is 21.5 Å². The van der Waals surface area contributed by atoms with E-state index in [0.717, 1.165) is 34.7 Å². The van der Waals surface area contributed by atoms with Gasteiger partial charge in [-0.3, -0.25) is 0 Å². The van der Waals surface area contributed by atoms with Crippen molar-refractivity contribution in [3.05, 3.63) is 53.3 Å². The number of nitrogens with one attached hydrogen (secondary N) is 1. The maximum Gasteiger partial charge on any atom is 0.125 e. The molecule has 0 atom stereocenters. The fourth-order valence-electron chi connectivity index (χ4n) is 2.04. The SMILES string of the molecule is CCN(C)/C=N/c1cc(C)c(Nc2cccc(F)c2)cc1C. The summed E-state index contributed by atoms with van der Waals surface area (Å²) in [6, 6.07) is 10.5. The predicted molar refractivity (Wildman–Crippen MR) is 92.1 cm³/mol. The van der Waals surface area contributed by atoms with E-state index in [1.807, 2.05) is 50.3 Å². The van der Waals surface area contributed by atoms with E-state index in [0.29, 0.717) is 0 Å². The summed E-state index contributed by atoms with van der Waals surface area (Å²) in [4.78, 5) is 6.53. The maximum absolute atomic E-state index is 13.3. The van der Waals surface area contributed by atoms with E-state index in [9.17, 15) is 4.39 Å². The molecule has 2 aromatic carbocycles. The number of aliphatic imine (C=N–C) groups is 1. The number of rotatable bonds is 5. The zero-order valence-corrected chi connectivity index (χ0v) is 13.5. The highest BCUT2D eigenvalue weighted by atomic mass is 19.1. The molecule has 0 saturated heterocycles. The number of anilines is 2. The van der Waals surface area contributed by atoms with E-state index >= 15 is 0 Å². The Morgan fingerprint density at radius 3 is 2.64 bits per heavy atom. The molecule has 22 heavy (non-hydrogen) atoms. The Hall–Kier alpha value is -2.36. The first-order chi connectivity index (χ1) is 10.5. The summed E-state index contributed by atoms with van der Waals surface area (Å²) in [6.45, 7) is 7.04. The lowest BCUT2D eigenvalue weighted by atomic mass is 10.1. The molecule has 3 nitrogen and oxygen atoms in total. The number of aryl methyl sites for hydroxylation is 2. The van der Waals surface area contributed by atoms with E-state index < -0.39 is 0 Å². The first kappa shape index (κ1) is 16.0. The zero-order valence-electron chi connectivity index (χ0n) is 13.5. The van der Waals surface area contributed by atoms with E-state index in [2.05, 4.69) is 17.2 Å². The standard InChI is InChI=1S/C18H22FN3/c1-5-22(4)12-20-17-9-14(3)18(10-13(17)2)21-16-8-6-7-15(19)11-16/h6-12,21H,5H2,1-4H3/b20-12+. The van der Waals surface area contributed by atoms with Gasteiger partial charge in [0.2, 0.25) is 0 Å². The van der Waals surface area contributed by atoms with E-state index in [4.69, 9.17) is 0 Å². The topological polar surface area (TPSA) is 27.6 Å². The van der Waals surface area contributed by atoms with Crippen LogP contribution in [-0.2, 0) is 0 Å². The van der Waals surface area contributed by atoms with Crippen LogP contribution >= 0.6 is 0 Å². The van der Waals surface area contributed by atoms with Gasteiger partial charge in [0.1, 0.15) is 5.82 Å². The summed E-state index contributed by atoms with van der Waals surface area (Å²) < 4.78 is 13.3. The molecule has 0 amide bonds. The Balaban J connectivity index is 2.24. The minimum atomic E-state index is -0.247. The number of halogens is 1. The van der Waals surface area contributed by atoms with Crippen LogP contribution in [0.1, 0.15) is 18.1 Å². The predicted octanol–water partition coefficient (Wildman–Crippen LogP) is 4.80. The van der Waals surface area contributed by atoms with Gasteiger partial charge in [0.15, 0.2) is 0 Å². The monoisotopic (exact) mass is 299 g/mol. The van der Waals surface area contributed by atoms with Crippen LogP contribution < -0.4 is 5.32 Å². The van der Waals surface area contributed by atoms with Crippen molar-refractivity contribution in [2.75, 3.05) is 18.9 Å². The molecule has 1 N–H and O–H groups in total. The van der Waals surface area contributed by atoms with Gasteiger partial charge < -0.3 is 10.2 Å². The van der Waals surface area contributed by atoms with Crippen LogP contribution in [0.2, 0.25) is 0 Å². The summed E-state index contributed by atoms with van der Waals surface area (Å²) in [5.41, 5.74) is 4.80. The van der Waals surface area contributed by atoms with Crippen LogP contribution in [0.25, 0.3) is 0 Å². The average molecular weight is 299 g/mol. The van der Waals surface area contributed by atoms with Gasteiger partial charge in [0.25, 0.3) is 0 Å². The second-order valence-electron chi connectivity index (χ2n) is 5.41. The van der Waals surface area contributed by atoms with Crippen molar-refractivity contribution < 1.29 is 4.39 Å². The Labute approximate surface area is 131 Å². The van der Waals surface area contributed by atoms with Gasteiger partial charge in [-0.25, -0.2) is 9.38 Å². The van der Waals surface area contributed by atoms with Crippen LogP contribution in [0.15, 0.2) is 41.4 Å². The molecule has 0 fully saturated rings. The molecule has 0 aromatic heterocycles. The van der Waals surface area contributed by atoms with E-state index in [1.54, 1.807) is 6.07 Å². The highest BCUT2D eigenvalue weighted by Gasteiger charge is 2.05. The first-order valence-corrected chi connectivity index (χ1v) is 7.38. The van der Waals surface area contributed by atoms with E-state index in [-0.39, 0.29) is 5.82 Å². The molecular weight excluding hydrogens is 277 g/mol. The number of nitrogens with zero attached hydrogens (tertiary/aromatic N) is 2. The second-order valence-corrected chi connectivity index (χ2v) is 5.41. The van der Waals surface area contributed by atoms with Gasteiger partial charge in [0, 0.05) is 25.0 Å². The Morgan fingerprint density at radius 1 is 1.18 bits per heavy atom. The first-order valence-electron chi connectivity index (χ1n) is 7.38. The summed E-state index contributed by atoms with van der Waals surface area (Å²) >= 11 is 0. The fourth-order valence-corrected chi connectivity index (χ4v) is 2.04. The third-order valence-electron chi connectivity index (χ3n) is 3.54.